The van der Waals surface area contributed by atoms with E-state index in [1.807, 2.05) is 18.4 Å². The van der Waals surface area contributed by atoms with Crippen LogP contribution in [0.5, 0.6) is 0 Å². The summed E-state index contributed by atoms with van der Waals surface area (Å²) >= 11 is 1.72. The van der Waals surface area contributed by atoms with E-state index in [0.29, 0.717) is 0 Å². The zero-order chi connectivity index (χ0) is 13.7. The van der Waals surface area contributed by atoms with Crippen LogP contribution in [0.2, 0.25) is 0 Å². The lowest BCUT2D eigenvalue weighted by Gasteiger charge is -2.20. The van der Waals surface area contributed by atoms with Crippen molar-refractivity contribution >= 4 is 23.4 Å². The van der Waals surface area contributed by atoms with Crippen LogP contribution >= 0.6 is 11.8 Å². The van der Waals surface area contributed by atoms with Crippen molar-refractivity contribution in [3.05, 3.63) is 29.3 Å². The summed E-state index contributed by atoms with van der Waals surface area (Å²) in [6.07, 6.45) is 7.39. The van der Waals surface area contributed by atoms with Gasteiger partial charge in [0.1, 0.15) is 0 Å². The average Bonchev–Trinajstić information content (AvgIpc) is 2.45. The lowest BCUT2D eigenvalue weighted by Crippen LogP contribution is -2.36. The van der Waals surface area contributed by atoms with E-state index in [1.165, 1.54) is 24.0 Å². The summed E-state index contributed by atoms with van der Waals surface area (Å²) in [6, 6.07) is 5.76. The van der Waals surface area contributed by atoms with Gasteiger partial charge < -0.3 is 11.1 Å². The van der Waals surface area contributed by atoms with Crippen molar-refractivity contribution < 1.29 is 4.79 Å². The number of hydrogen-bond donors (Lipinski definition) is 2. The first-order chi connectivity index (χ1) is 9.22. The quantitative estimate of drug-likeness (QED) is 0.870. The predicted molar refractivity (Wildman–Crippen MR) is 82.7 cm³/mol. The molecule has 0 radical (unpaired) electrons. The van der Waals surface area contributed by atoms with Crippen LogP contribution in [0.4, 0.5) is 5.69 Å². The molecule has 1 aromatic rings. The molecular formula is C15H22N2OS. The maximum atomic E-state index is 12.1. The van der Waals surface area contributed by atoms with E-state index in [9.17, 15) is 4.79 Å². The molecule has 0 aliphatic heterocycles. The Morgan fingerprint density at radius 1 is 1.42 bits per heavy atom. The van der Waals surface area contributed by atoms with Gasteiger partial charge in [0.2, 0.25) is 5.91 Å². The maximum absolute atomic E-state index is 12.1. The van der Waals surface area contributed by atoms with Crippen LogP contribution in [0, 0.1) is 0 Å². The number of carbonyl (C=O) groups is 1. The molecule has 19 heavy (non-hydrogen) atoms. The first kappa shape index (κ1) is 14.4. The Balaban J connectivity index is 2.04. The Hall–Kier alpha value is -1.00. The molecule has 0 fully saturated rings. The topological polar surface area (TPSA) is 55.1 Å². The fraction of sp³-hybridized carbons (Fsp3) is 0.533. The summed E-state index contributed by atoms with van der Waals surface area (Å²) in [5.41, 5.74) is 9.54. The number of aryl methyl sites for hydroxylation is 1. The Labute approximate surface area is 119 Å². The van der Waals surface area contributed by atoms with E-state index >= 15 is 0 Å². The minimum atomic E-state index is -0.410. The number of benzene rings is 1. The molecule has 1 amide bonds. The van der Waals surface area contributed by atoms with Gasteiger partial charge in [0.25, 0.3) is 0 Å². The second-order valence-corrected chi connectivity index (χ2v) is 6.01. The molecule has 2 rings (SSSR count). The highest BCUT2D eigenvalue weighted by atomic mass is 32.2. The number of carbonyl (C=O) groups excluding carboxylic acids is 1. The molecule has 3 nitrogen and oxygen atoms in total. The second-order valence-electron chi connectivity index (χ2n) is 5.03. The Morgan fingerprint density at radius 3 is 3.00 bits per heavy atom. The summed E-state index contributed by atoms with van der Waals surface area (Å²) in [7, 11) is 0. The van der Waals surface area contributed by atoms with Crippen LogP contribution < -0.4 is 11.1 Å². The molecule has 4 heteroatoms. The van der Waals surface area contributed by atoms with Gasteiger partial charge in [0.05, 0.1) is 6.04 Å². The monoisotopic (exact) mass is 278 g/mol. The van der Waals surface area contributed by atoms with E-state index in [0.717, 1.165) is 30.7 Å². The third-order valence-corrected chi connectivity index (χ3v) is 4.27. The summed E-state index contributed by atoms with van der Waals surface area (Å²) < 4.78 is 0. The molecule has 0 saturated carbocycles. The minimum Gasteiger partial charge on any atom is -0.324 e. The van der Waals surface area contributed by atoms with Crippen molar-refractivity contribution in [3.8, 4) is 0 Å². The number of hydrogen-bond acceptors (Lipinski definition) is 3. The summed E-state index contributed by atoms with van der Waals surface area (Å²) in [5.74, 6) is 0.856. The molecule has 1 aliphatic rings. The molecule has 1 aromatic carbocycles. The van der Waals surface area contributed by atoms with Gasteiger partial charge in [-0.15, -0.1) is 0 Å². The fourth-order valence-electron chi connectivity index (χ4n) is 2.50. The molecule has 1 atom stereocenters. The third kappa shape index (κ3) is 3.74. The molecule has 0 spiro atoms. The highest BCUT2D eigenvalue weighted by molar-refractivity contribution is 7.98. The van der Waals surface area contributed by atoms with Crippen LogP contribution in [0.3, 0.4) is 0 Å². The normalized spacial score (nSPS) is 15.7. The number of nitrogens with two attached hydrogens (primary N) is 1. The summed E-state index contributed by atoms with van der Waals surface area (Å²) in [6.45, 7) is 0. The van der Waals surface area contributed by atoms with Crippen molar-refractivity contribution in [2.75, 3.05) is 17.3 Å². The highest BCUT2D eigenvalue weighted by Crippen LogP contribution is 2.27. The fourth-order valence-corrected chi connectivity index (χ4v) is 2.99. The first-order valence-electron chi connectivity index (χ1n) is 6.88. The zero-order valence-corrected chi connectivity index (χ0v) is 12.3. The molecular weight excluding hydrogens is 256 g/mol. The minimum absolute atomic E-state index is 0.0620. The Kier molecular flexibility index (Phi) is 5.28. The summed E-state index contributed by atoms with van der Waals surface area (Å²) in [5, 5.41) is 3.01. The number of amides is 1. The van der Waals surface area contributed by atoms with Gasteiger partial charge in [0, 0.05) is 5.69 Å². The van der Waals surface area contributed by atoms with Gasteiger partial charge in [-0.2, -0.15) is 11.8 Å². The van der Waals surface area contributed by atoms with Gasteiger partial charge in [-0.05, 0) is 61.3 Å². The Bertz CT molecular complexity index is 448. The van der Waals surface area contributed by atoms with E-state index in [-0.39, 0.29) is 5.91 Å². The molecule has 3 N–H and O–H groups in total. The first-order valence-corrected chi connectivity index (χ1v) is 8.28. The van der Waals surface area contributed by atoms with E-state index in [4.69, 9.17) is 5.73 Å². The van der Waals surface area contributed by atoms with E-state index < -0.39 is 6.04 Å². The van der Waals surface area contributed by atoms with Crippen LogP contribution in [0.1, 0.15) is 30.4 Å². The van der Waals surface area contributed by atoms with Gasteiger partial charge in [-0.3, -0.25) is 4.79 Å². The molecule has 0 saturated heterocycles. The van der Waals surface area contributed by atoms with Crippen molar-refractivity contribution in [1.82, 2.24) is 0 Å². The van der Waals surface area contributed by atoms with Gasteiger partial charge in [0.15, 0.2) is 0 Å². The maximum Gasteiger partial charge on any atom is 0.241 e. The van der Waals surface area contributed by atoms with Crippen molar-refractivity contribution in [3.63, 3.8) is 0 Å². The van der Waals surface area contributed by atoms with E-state index in [1.54, 1.807) is 11.8 Å². The van der Waals surface area contributed by atoms with Gasteiger partial charge in [-0.25, -0.2) is 0 Å². The highest BCUT2D eigenvalue weighted by Gasteiger charge is 2.17. The van der Waals surface area contributed by atoms with Crippen molar-refractivity contribution in [1.29, 1.82) is 0 Å². The van der Waals surface area contributed by atoms with Crippen LogP contribution in [0.25, 0.3) is 0 Å². The van der Waals surface area contributed by atoms with E-state index in [2.05, 4.69) is 11.4 Å². The SMILES string of the molecule is CSCC[C@H](N)C(=O)Nc1cccc2c1CCCC2. The molecule has 0 aromatic heterocycles. The summed E-state index contributed by atoms with van der Waals surface area (Å²) in [4.78, 5) is 12.1. The average molecular weight is 278 g/mol. The van der Waals surface area contributed by atoms with Crippen LogP contribution in [-0.2, 0) is 17.6 Å². The van der Waals surface area contributed by atoms with Crippen molar-refractivity contribution in [2.24, 2.45) is 5.73 Å². The van der Waals surface area contributed by atoms with Gasteiger partial charge >= 0.3 is 0 Å². The van der Waals surface area contributed by atoms with Crippen LogP contribution in [0.15, 0.2) is 18.2 Å². The molecule has 104 valence electrons. The molecule has 1 aliphatic carbocycles. The number of thioether (sulfide) groups is 1. The number of rotatable bonds is 5. The zero-order valence-electron chi connectivity index (χ0n) is 11.4. The number of anilines is 1. The molecule has 0 heterocycles. The standard InChI is InChI=1S/C15H22N2OS/c1-19-10-9-13(16)15(18)17-14-8-4-6-11-5-2-3-7-12(11)14/h4,6,8,13H,2-3,5,7,9-10,16H2,1H3,(H,17,18)/t13-/m0/s1. The predicted octanol–water partition coefficient (Wildman–Crippen LogP) is 2.58. The molecule has 0 bridgehead atoms. The lowest BCUT2D eigenvalue weighted by atomic mass is 9.90. The second kappa shape index (κ2) is 6.96. The smallest absolute Gasteiger partial charge is 0.241 e. The van der Waals surface area contributed by atoms with Gasteiger partial charge in [-0.1, -0.05) is 12.1 Å². The largest absolute Gasteiger partial charge is 0.324 e. The number of fused-ring (bicyclic) bond motifs is 1. The lowest BCUT2D eigenvalue weighted by molar-refractivity contribution is -0.117. The third-order valence-electron chi connectivity index (χ3n) is 3.62. The van der Waals surface area contributed by atoms with Crippen LogP contribution in [-0.4, -0.2) is 24.0 Å². The Morgan fingerprint density at radius 2 is 2.21 bits per heavy atom. The van der Waals surface area contributed by atoms with Crippen molar-refractivity contribution in [2.45, 2.75) is 38.1 Å². The number of nitrogens with one attached hydrogen (secondary N) is 1. The molecule has 0 unspecified atom stereocenters.